The van der Waals surface area contributed by atoms with Gasteiger partial charge in [0.2, 0.25) is 0 Å². The zero-order valence-corrected chi connectivity index (χ0v) is 18.5. The molecule has 0 radical (unpaired) electrons. The van der Waals surface area contributed by atoms with Crippen LogP contribution in [0.5, 0.6) is 0 Å². The van der Waals surface area contributed by atoms with Gasteiger partial charge in [0.15, 0.2) is 11.4 Å². The van der Waals surface area contributed by atoms with Crippen LogP contribution in [-0.4, -0.2) is 15.2 Å². The predicted molar refractivity (Wildman–Crippen MR) is 122 cm³/mol. The zero-order valence-electron chi connectivity index (χ0n) is 17.8. The van der Waals surface area contributed by atoms with Crippen LogP contribution < -0.4 is 0 Å². The summed E-state index contributed by atoms with van der Waals surface area (Å²) in [6.07, 6.45) is -1.12. The maximum Gasteiger partial charge on any atom is 0.431 e. The number of aromatic nitrogens is 2. The van der Waals surface area contributed by atoms with Crippen molar-refractivity contribution in [3.05, 3.63) is 93.8 Å². The number of alkyl halides is 3. The van der Waals surface area contributed by atoms with E-state index >= 15 is 0 Å². The number of carbonyl (C=O) groups is 1. The molecule has 0 fully saturated rings. The number of carbonyl (C=O) groups excluding carboxylic acids is 1. The summed E-state index contributed by atoms with van der Waals surface area (Å²) in [7, 11) is 0. The van der Waals surface area contributed by atoms with Crippen molar-refractivity contribution >= 4 is 23.0 Å². The van der Waals surface area contributed by atoms with Crippen LogP contribution in [0.25, 0.3) is 16.9 Å². The number of halogens is 4. The molecule has 1 unspecified atom stereocenters. The molecule has 7 heteroatoms. The van der Waals surface area contributed by atoms with E-state index < -0.39 is 17.8 Å². The minimum absolute atomic E-state index is 0.0532. The topological polar surface area (TPSA) is 34.4 Å². The van der Waals surface area contributed by atoms with E-state index in [1.54, 1.807) is 12.1 Å². The molecule has 1 aliphatic rings. The Kier molecular flexibility index (Phi) is 5.28. The number of ketones is 1. The highest BCUT2D eigenvalue weighted by atomic mass is 35.5. The minimum atomic E-state index is -4.65. The number of aryl methyl sites for hydroxylation is 2. The molecule has 3 nitrogen and oxygen atoms in total. The highest BCUT2D eigenvalue weighted by Crippen LogP contribution is 2.39. The second kappa shape index (κ2) is 8.03. The molecule has 1 atom stereocenters. The van der Waals surface area contributed by atoms with Gasteiger partial charge < -0.3 is 0 Å². The largest absolute Gasteiger partial charge is 0.431 e. The summed E-state index contributed by atoms with van der Waals surface area (Å²) in [4.78, 5) is 17.9. The fraction of sp³-hybridized carbons (Fsp3) is 0.231. The van der Waals surface area contributed by atoms with Gasteiger partial charge >= 0.3 is 6.18 Å². The van der Waals surface area contributed by atoms with Crippen molar-refractivity contribution in [3.63, 3.8) is 0 Å². The van der Waals surface area contributed by atoms with Gasteiger partial charge in [-0.2, -0.15) is 13.2 Å². The molecule has 0 saturated carbocycles. The summed E-state index contributed by atoms with van der Waals surface area (Å²) in [6, 6.07) is 15.8. The lowest BCUT2D eigenvalue weighted by Gasteiger charge is -2.24. The van der Waals surface area contributed by atoms with Crippen LogP contribution in [0.2, 0.25) is 5.02 Å². The Labute approximate surface area is 193 Å². The highest BCUT2D eigenvalue weighted by Gasteiger charge is 2.37. The fourth-order valence-corrected chi connectivity index (χ4v) is 4.86. The summed E-state index contributed by atoms with van der Waals surface area (Å²) in [6.45, 7) is 1.90. The first kappa shape index (κ1) is 21.7. The first-order chi connectivity index (χ1) is 15.7. The molecule has 4 aromatic rings. The number of hydrogen-bond donors (Lipinski definition) is 0. The fourth-order valence-electron chi connectivity index (χ4n) is 4.58. The molecular formula is C26H20ClF3N2O. The first-order valence-electron chi connectivity index (χ1n) is 10.7. The molecule has 0 spiro atoms. The quantitative estimate of drug-likeness (QED) is 0.296. The van der Waals surface area contributed by atoms with Gasteiger partial charge in [0.25, 0.3) is 0 Å². The van der Waals surface area contributed by atoms with Crippen molar-refractivity contribution in [3.8, 4) is 11.3 Å². The smallest absolute Gasteiger partial charge is 0.295 e. The molecule has 2 aromatic carbocycles. The van der Waals surface area contributed by atoms with Gasteiger partial charge in [0.05, 0.1) is 16.3 Å². The molecule has 2 heterocycles. The molecule has 2 aromatic heterocycles. The third kappa shape index (κ3) is 3.82. The number of nitrogens with zero attached hydrogens (tertiary/aromatic N) is 2. The minimum Gasteiger partial charge on any atom is -0.295 e. The average molecular weight is 469 g/mol. The van der Waals surface area contributed by atoms with Crippen LogP contribution in [0, 0.1) is 6.92 Å². The Morgan fingerprint density at radius 1 is 1.12 bits per heavy atom. The van der Waals surface area contributed by atoms with Crippen molar-refractivity contribution < 1.29 is 18.0 Å². The van der Waals surface area contributed by atoms with E-state index in [0.717, 1.165) is 40.0 Å². The van der Waals surface area contributed by atoms with Crippen molar-refractivity contribution in [2.75, 3.05) is 0 Å². The predicted octanol–water partition coefficient (Wildman–Crippen LogP) is 7.28. The van der Waals surface area contributed by atoms with Gasteiger partial charge in [-0.25, -0.2) is 4.98 Å². The SMILES string of the molecule is Cc1ccc(-c2cc(C(F)(F)F)n3cc(C(=O)C4CCCc5ccccc54)c(Cl)c3n2)cc1. The Hall–Kier alpha value is -3.12. The van der Waals surface area contributed by atoms with E-state index in [1.807, 2.05) is 43.3 Å². The highest BCUT2D eigenvalue weighted by molar-refractivity contribution is 6.37. The molecular weight excluding hydrogens is 449 g/mol. The zero-order chi connectivity index (χ0) is 23.3. The molecule has 33 heavy (non-hydrogen) atoms. The third-order valence-electron chi connectivity index (χ3n) is 6.27. The summed E-state index contributed by atoms with van der Waals surface area (Å²) < 4.78 is 42.9. The van der Waals surface area contributed by atoms with Crippen molar-refractivity contribution in [1.29, 1.82) is 0 Å². The number of Topliss-reactive ketones (excluding diaryl/α,β-unsaturated/α-hetero) is 1. The normalized spacial score (nSPS) is 16.1. The molecule has 0 amide bonds. The van der Waals surface area contributed by atoms with Gasteiger partial charge in [-0.3, -0.25) is 9.20 Å². The van der Waals surface area contributed by atoms with E-state index in [0.29, 0.717) is 12.0 Å². The van der Waals surface area contributed by atoms with Crippen molar-refractivity contribution in [1.82, 2.24) is 9.38 Å². The summed E-state index contributed by atoms with van der Waals surface area (Å²) in [5, 5.41) is -0.0532. The maximum atomic E-state index is 14.0. The summed E-state index contributed by atoms with van der Waals surface area (Å²) in [5.41, 5.74) is 2.76. The lowest BCUT2D eigenvalue weighted by Crippen LogP contribution is -2.18. The average Bonchev–Trinajstić information content (AvgIpc) is 3.14. The van der Waals surface area contributed by atoms with Crippen LogP contribution in [0.1, 0.15) is 51.5 Å². The maximum absolute atomic E-state index is 14.0. The second-order valence-electron chi connectivity index (χ2n) is 8.45. The summed E-state index contributed by atoms with van der Waals surface area (Å²) in [5.74, 6) is -0.710. The van der Waals surface area contributed by atoms with Crippen LogP contribution in [0.15, 0.2) is 60.8 Å². The second-order valence-corrected chi connectivity index (χ2v) is 8.83. The number of rotatable bonds is 3. The first-order valence-corrected chi connectivity index (χ1v) is 11.1. The Balaban J connectivity index is 1.67. The van der Waals surface area contributed by atoms with E-state index in [2.05, 4.69) is 4.98 Å². The van der Waals surface area contributed by atoms with Gasteiger partial charge in [-0.1, -0.05) is 65.7 Å². The number of fused-ring (bicyclic) bond motifs is 2. The van der Waals surface area contributed by atoms with E-state index in [9.17, 15) is 18.0 Å². The van der Waals surface area contributed by atoms with Crippen LogP contribution in [-0.2, 0) is 12.6 Å². The van der Waals surface area contributed by atoms with Crippen LogP contribution in [0.4, 0.5) is 13.2 Å². The van der Waals surface area contributed by atoms with Gasteiger partial charge in [-0.05, 0) is 43.4 Å². The monoisotopic (exact) mass is 468 g/mol. The van der Waals surface area contributed by atoms with E-state index in [-0.39, 0.29) is 27.7 Å². The van der Waals surface area contributed by atoms with E-state index in [1.165, 1.54) is 6.20 Å². The molecule has 5 rings (SSSR count). The molecule has 0 saturated heterocycles. The van der Waals surface area contributed by atoms with Crippen molar-refractivity contribution in [2.24, 2.45) is 0 Å². The number of benzene rings is 2. The standard InChI is InChI=1S/C26H20ClF3N2O/c1-15-9-11-17(12-10-15)21-13-22(26(28,29)30)32-14-20(23(27)25(32)31-21)24(33)19-8-4-6-16-5-2-3-7-18(16)19/h2-3,5,7,9-14,19H,4,6,8H2,1H3. The Bertz CT molecular complexity index is 1370. The molecule has 0 bridgehead atoms. The van der Waals surface area contributed by atoms with Gasteiger partial charge in [-0.15, -0.1) is 0 Å². The lowest BCUT2D eigenvalue weighted by atomic mass is 9.79. The molecule has 0 N–H and O–H groups in total. The third-order valence-corrected chi connectivity index (χ3v) is 6.64. The number of hydrogen-bond acceptors (Lipinski definition) is 2. The van der Waals surface area contributed by atoms with Crippen LogP contribution in [0.3, 0.4) is 0 Å². The molecule has 0 aliphatic heterocycles. The van der Waals surface area contributed by atoms with Crippen LogP contribution >= 0.6 is 11.6 Å². The van der Waals surface area contributed by atoms with E-state index in [4.69, 9.17) is 11.6 Å². The van der Waals surface area contributed by atoms with Crippen molar-refractivity contribution in [2.45, 2.75) is 38.3 Å². The van der Waals surface area contributed by atoms with Gasteiger partial charge in [0.1, 0.15) is 5.69 Å². The summed E-state index contributed by atoms with van der Waals surface area (Å²) >= 11 is 6.53. The van der Waals surface area contributed by atoms with Gasteiger partial charge in [0, 0.05) is 17.7 Å². The Morgan fingerprint density at radius 2 is 1.85 bits per heavy atom. The lowest BCUT2D eigenvalue weighted by molar-refractivity contribution is -0.142. The molecule has 1 aliphatic carbocycles. The molecule has 168 valence electrons. The Morgan fingerprint density at radius 3 is 2.58 bits per heavy atom.